The van der Waals surface area contributed by atoms with Crippen molar-refractivity contribution in [3.63, 3.8) is 0 Å². The molecular formula is C17H13F3N2O2S. The van der Waals surface area contributed by atoms with E-state index < -0.39 is 18.0 Å². The summed E-state index contributed by atoms with van der Waals surface area (Å²) in [7, 11) is 0. The van der Waals surface area contributed by atoms with Gasteiger partial charge in [0.1, 0.15) is 0 Å². The van der Waals surface area contributed by atoms with Gasteiger partial charge in [-0.15, -0.1) is 24.5 Å². The van der Waals surface area contributed by atoms with Crippen molar-refractivity contribution in [2.75, 3.05) is 5.32 Å². The van der Waals surface area contributed by atoms with Crippen LogP contribution in [0.3, 0.4) is 0 Å². The SMILES string of the molecule is O=C(CCc1nc2ccccc2s1)Nc1ccccc1OC(F)(F)F. The smallest absolute Gasteiger partial charge is 0.404 e. The predicted octanol–water partition coefficient (Wildman–Crippen LogP) is 4.77. The van der Waals surface area contributed by atoms with Crippen LogP contribution in [0, 0.1) is 0 Å². The summed E-state index contributed by atoms with van der Waals surface area (Å²) in [6, 6.07) is 13.1. The van der Waals surface area contributed by atoms with Crippen LogP contribution in [0.25, 0.3) is 10.2 Å². The van der Waals surface area contributed by atoms with E-state index >= 15 is 0 Å². The van der Waals surface area contributed by atoms with Crippen molar-refractivity contribution < 1.29 is 22.7 Å². The molecule has 25 heavy (non-hydrogen) atoms. The maximum Gasteiger partial charge on any atom is 0.573 e. The Morgan fingerprint density at radius 1 is 1.12 bits per heavy atom. The van der Waals surface area contributed by atoms with Crippen molar-refractivity contribution in [1.82, 2.24) is 4.98 Å². The lowest BCUT2D eigenvalue weighted by molar-refractivity contribution is -0.274. The normalized spacial score (nSPS) is 11.5. The summed E-state index contributed by atoms with van der Waals surface area (Å²) in [6.45, 7) is 0. The number of nitrogens with zero attached hydrogens (tertiary/aromatic N) is 1. The number of carbonyl (C=O) groups excluding carboxylic acids is 1. The van der Waals surface area contributed by atoms with Gasteiger partial charge in [-0.05, 0) is 24.3 Å². The fourth-order valence-electron chi connectivity index (χ4n) is 2.24. The van der Waals surface area contributed by atoms with Gasteiger partial charge >= 0.3 is 6.36 Å². The largest absolute Gasteiger partial charge is 0.573 e. The Morgan fingerprint density at radius 3 is 2.60 bits per heavy atom. The number of nitrogens with one attached hydrogen (secondary N) is 1. The predicted molar refractivity (Wildman–Crippen MR) is 89.7 cm³/mol. The van der Waals surface area contributed by atoms with Gasteiger partial charge in [-0.2, -0.15) is 0 Å². The molecule has 8 heteroatoms. The zero-order valence-corrected chi connectivity index (χ0v) is 13.7. The van der Waals surface area contributed by atoms with Gasteiger partial charge in [-0.25, -0.2) is 4.98 Å². The summed E-state index contributed by atoms with van der Waals surface area (Å²) >= 11 is 1.49. The quantitative estimate of drug-likeness (QED) is 0.708. The molecule has 2 aromatic carbocycles. The molecular weight excluding hydrogens is 353 g/mol. The number of ether oxygens (including phenoxy) is 1. The molecule has 1 aromatic heterocycles. The van der Waals surface area contributed by atoms with E-state index in [0.717, 1.165) is 21.3 Å². The van der Waals surface area contributed by atoms with Gasteiger partial charge in [0.05, 0.1) is 20.9 Å². The van der Waals surface area contributed by atoms with Crippen molar-refractivity contribution in [2.45, 2.75) is 19.2 Å². The minimum atomic E-state index is -4.82. The number of alkyl halides is 3. The molecule has 1 amide bonds. The average molecular weight is 366 g/mol. The number of anilines is 1. The summed E-state index contributed by atoms with van der Waals surface area (Å²) in [6.07, 6.45) is -4.30. The molecule has 0 saturated heterocycles. The van der Waals surface area contributed by atoms with Gasteiger partial charge in [0, 0.05) is 12.8 Å². The minimum Gasteiger partial charge on any atom is -0.404 e. The first-order valence-corrected chi connectivity index (χ1v) is 8.21. The number of fused-ring (bicyclic) bond motifs is 1. The van der Waals surface area contributed by atoms with Crippen LogP contribution in [-0.4, -0.2) is 17.3 Å². The third-order valence-corrected chi connectivity index (χ3v) is 4.39. The Bertz CT molecular complexity index is 860. The van der Waals surface area contributed by atoms with Gasteiger partial charge in [0.15, 0.2) is 5.75 Å². The Kier molecular flexibility index (Phi) is 4.89. The number of aryl methyl sites for hydroxylation is 1. The number of hydrogen-bond acceptors (Lipinski definition) is 4. The summed E-state index contributed by atoms with van der Waals surface area (Å²) in [5, 5.41) is 3.25. The van der Waals surface area contributed by atoms with Crippen LogP contribution >= 0.6 is 11.3 Å². The van der Waals surface area contributed by atoms with Crippen LogP contribution < -0.4 is 10.1 Å². The van der Waals surface area contributed by atoms with Crippen molar-refractivity contribution in [1.29, 1.82) is 0 Å². The van der Waals surface area contributed by atoms with Crippen LogP contribution in [0.15, 0.2) is 48.5 Å². The molecule has 0 atom stereocenters. The molecule has 0 aliphatic carbocycles. The highest BCUT2D eigenvalue weighted by Gasteiger charge is 2.32. The van der Waals surface area contributed by atoms with E-state index in [1.807, 2.05) is 24.3 Å². The van der Waals surface area contributed by atoms with Crippen LogP contribution in [0.5, 0.6) is 5.75 Å². The molecule has 4 nitrogen and oxygen atoms in total. The molecule has 130 valence electrons. The molecule has 0 fully saturated rings. The minimum absolute atomic E-state index is 0.0193. The van der Waals surface area contributed by atoms with Crippen LogP contribution in [0.1, 0.15) is 11.4 Å². The number of hydrogen-bond donors (Lipinski definition) is 1. The van der Waals surface area contributed by atoms with E-state index in [2.05, 4.69) is 15.0 Å². The number of halogens is 3. The molecule has 0 aliphatic rings. The standard InChI is InChI=1S/C17H13F3N2O2S/c18-17(19,20)24-13-7-3-1-5-11(13)21-15(23)9-10-16-22-12-6-2-4-8-14(12)25-16/h1-8H,9-10H2,(H,21,23). The van der Waals surface area contributed by atoms with Crippen molar-refractivity contribution in [3.8, 4) is 5.75 Å². The Balaban J connectivity index is 1.63. The zero-order valence-electron chi connectivity index (χ0n) is 12.8. The van der Waals surface area contributed by atoms with E-state index in [-0.39, 0.29) is 12.1 Å². The topological polar surface area (TPSA) is 51.2 Å². The molecule has 0 bridgehead atoms. The summed E-state index contributed by atoms with van der Waals surface area (Å²) in [5.74, 6) is -0.846. The fourth-order valence-corrected chi connectivity index (χ4v) is 3.21. The Morgan fingerprint density at radius 2 is 1.84 bits per heavy atom. The molecule has 3 rings (SSSR count). The zero-order chi connectivity index (χ0) is 17.9. The number of thiazole rings is 1. The van der Waals surface area contributed by atoms with Crippen molar-refractivity contribution in [2.24, 2.45) is 0 Å². The van der Waals surface area contributed by atoms with E-state index in [4.69, 9.17) is 0 Å². The van der Waals surface area contributed by atoms with Crippen molar-refractivity contribution >= 4 is 33.1 Å². The second kappa shape index (κ2) is 7.10. The van der Waals surface area contributed by atoms with Crippen LogP contribution in [0.2, 0.25) is 0 Å². The Hall–Kier alpha value is -2.61. The van der Waals surface area contributed by atoms with Gasteiger partial charge in [-0.1, -0.05) is 24.3 Å². The molecule has 0 unspecified atom stereocenters. The van der Waals surface area contributed by atoms with Gasteiger partial charge in [0.2, 0.25) is 5.91 Å². The van der Waals surface area contributed by atoms with E-state index in [1.165, 1.54) is 29.5 Å². The first-order chi connectivity index (χ1) is 11.9. The summed E-state index contributed by atoms with van der Waals surface area (Å²) in [5.41, 5.74) is 0.848. The lowest BCUT2D eigenvalue weighted by atomic mass is 10.2. The number of benzene rings is 2. The third-order valence-electron chi connectivity index (χ3n) is 3.29. The van der Waals surface area contributed by atoms with Crippen LogP contribution in [0.4, 0.5) is 18.9 Å². The molecule has 0 radical (unpaired) electrons. The van der Waals surface area contributed by atoms with E-state index in [1.54, 1.807) is 0 Å². The van der Waals surface area contributed by atoms with Gasteiger partial charge in [0.25, 0.3) is 0 Å². The highest BCUT2D eigenvalue weighted by molar-refractivity contribution is 7.18. The lowest BCUT2D eigenvalue weighted by Crippen LogP contribution is -2.19. The molecule has 1 heterocycles. The molecule has 0 saturated carbocycles. The van der Waals surface area contributed by atoms with E-state index in [9.17, 15) is 18.0 Å². The fraction of sp³-hybridized carbons (Fsp3) is 0.176. The number of rotatable bonds is 5. The summed E-state index contributed by atoms with van der Waals surface area (Å²) in [4.78, 5) is 16.5. The average Bonchev–Trinajstić information content (AvgIpc) is 2.96. The maximum atomic E-state index is 12.4. The summed E-state index contributed by atoms with van der Waals surface area (Å²) < 4.78 is 42.1. The lowest BCUT2D eigenvalue weighted by Gasteiger charge is -2.13. The van der Waals surface area contributed by atoms with E-state index in [0.29, 0.717) is 6.42 Å². The first-order valence-electron chi connectivity index (χ1n) is 7.40. The van der Waals surface area contributed by atoms with Gasteiger partial charge < -0.3 is 10.1 Å². The molecule has 0 spiro atoms. The Labute approximate surface area is 145 Å². The number of amides is 1. The first kappa shape index (κ1) is 17.2. The number of aromatic nitrogens is 1. The second-order valence-corrected chi connectivity index (χ2v) is 6.28. The van der Waals surface area contributed by atoms with Gasteiger partial charge in [-0.3, -0.25) is 4.79 Å². The number of para-hydroxylation sites is 3. The number of carbonyl (C=O) groups is 1. The maximum absolute atomic E-state index is 12.4. The van der Waals surface area contributed by atoms with Crippen LogP contribution in [-0.2, 0) is 11.2 Å². The monoisotopic (exact) mass is 366 g/mol. The molecule has 3 aromatic rings. The second-order valence-electron chi connectivity index (χ2n) is 5.17. The highest BCUT2D eigenvalue weighted by atomic mass is 32.1. The molecule has 1 N–H and O–H groups in total. The highest BCUT2D eigenvalue weighted by Crippen LogP contribution is 2.30. The third kappa shape index (κ3) is 4.69. The van der Waals surface area contributed by atoms with Crippen molar-refractivity contribution in [3.05, 3.63) is 53.5 Å². The molecule has 0 aliphatic heterocycles.